The highest BCUT2D eigenvalue weighted by Crippen LogP contribution is 2.32. The van der Waals surface area contributed by atoms with Crippen molar-refractivity contribution in [2.24, 2.45) is 11.7 Å². The molecule has 2 unspecified atom stereocenters. The Balaban J connectivity index is 1.50. The predicted molar refractivity (Wildman–Crippen MR) is 80.7 cm³/mol. The van der Waals surface area contributed by atoms with E-state index in [0.29, 0.717) is 12.3 Å². The fourth-order valence-corrected chi connectivity index (χ4v) is 2.92. The number of nitrogens with two attached hydrogens (primary N) is 1. The van der Waals surface area contributed by atoms with Crippen molar-refractivity contribution in [3.63, 3.8) is 0 Å². The molecule has 0 bridgehead atoms. The highest BCUT2D eigenvalue weighted by Gasteiger charge is 2.30. The molecule has 1 saturated carbocycles. The van der Waals surface area contributed by atoms with Crippen molar-refractivity contribution in [2.45, 2.75) is 44.2 Å². The minimum absolute atomic E-state index is 0.0298. The van der Waals surface area contributed by atoms with E-state index in [9.17, 15) is 4.79 Å². The van der Waals surface area contributed by atoms with Crippen molar-refractivity contribution in [1.29, 1.82) is 0 Å². The number of carbonyl (C=O) groups excluding carboxylic acids is 1. The van der Waals surface area contributed by atoms with E-state index in [1.807, 2.05) is 6.07 Å². The molecule has 1 aliphatic carbocycles. The molecule has 0 spiro atoms. The number of anilines is 1. The third kappa shape index (κ3) is 3.91. The summed E-state index contributed by atoms with van der Waals surface area (Å²) < 4.78 is 0. The Morgan fingerprint density at radius 2 is 2.14 bits per heavy atom. The van der Waals surface area contributed by atoms with Crippen LogP contribution < -0.4 is 16.0 Å². The third-order valence-corrected chi connectivity index (χ3v) is 4.27. The van der Waals surface area contributed by atoms with Crippen molar-refractivity contribution in [2.75, 3.05) is 18.0 Å². The molecule has 1 saturated heterocycles. The van der Waals surface area contributed by atoms with Gasteiger partial charge in [0.15, 0.2) is 0 Å². The SMILES string of the molecule is NC(CC(=O)NC1CCCN(c2ncccn2)C1)C1CC1. The highest BCUT2D eigenvalue weighted by molar-refractivity contribution is 5.77. The van der Waals surface area contributed by atoms with Crippen LogP contribution in [-0.4, -0.2) is 41.0 Å². The minimum atomic E-state index is 0.0298. The molecule has 114 valence electrons. The van der Waals surface area contributed by atoms with Gasteiger partial charge in [-0.15, -0.1) is 0 Å². The number of piperidine rings is 1. The van der Waals surface area contributed by atoms with Gasteiger partial charge in [-0.3, -0.25) is 4.79 Å². The molecule has 0 aromatic carbocycles. The quantitative estimate of drug-likeness (QED) is 0.833. The molecule has 2 aliphatic rings. The Kier molecular flexibility index (Phi) is 4.34. The van der Waals surface area contributed by atoms with Gasteiger partial charge in [0.05, 0.1) is 0 Å². The molecule has 3 N–H and O–H groups in total. The van der Waals surface area contributed by atoms with Crippen LogP contribution in [0.4, 0.5) is 5.95 Å². The smallest absolute Gasteiger partial charge is 0.225 e. The van der Waals surface area contributed by atoms with Gasteiger partial charge in [0, 0.05) is 44.0 Å². The zero-order valence-corrected chi connectivity index (χ0v) is 12.2. The van der Waals surface area contributed by atoms with Gasteiger partial charge in [-0.2, -0.15) is 0 Å². The number of aromatic nitrogens is 2. The average Bonchev–Trinajstić information content (AvgIpc) is 3.33. The molecular formula is C15H23N5O. The number of nitrogens with zero attached hydrogens (tertiary/aromatic N) is 3. The van der Waals surface area contributed by atoms with Crippen LogP contribution in [0.2, 0.25) is 0 Å². The van der Waals surface area contributed by atoms with Crippen molar-refractivity contribution < 1.29 is 4.79 Å². The zero-order valence-electron chi connectivity index (χ0n) is 12.2. The van der Waals surface area contributed by atoms with Crippen LogP contribution in [0.1, 0.15) is 32.1 Å². The van der Waals surface area contributed by atoms with Crippen LogP contribution >= 0.6 is 0 Å². The molecule has 0 radical (unpaired) electrons. The normalized spacial score (nSPS) is 23.7. The lowest BCUT2D eigenvalue weighted by Gasteiger charge is -2.33. The van der Waals surface area contributed by atoms with E-state index in [1.165, 1.54) is 12.8 Å². The monoisotopic (exact) mass is 289 g/mol. The van der Waals surface area contributed by atoms with E-state index in [1.54, 1.807) is 12.4 Å². The molecule has 2 heterocycles. The summed E-state index contributed by atoms with van der Waals surface area (Å²) in [6, 6.07) is 2.01. The molecule has 6 heteroatoms. The number of hydrogen-bond donors (Lipinski definition) is 2. The van der Waals surface area contributed by atoms with Gasteiger partial charge in [0.2, 0.25) is 11.9 Å². The standard InChI is InChI=1S/C15H23N5O/c16-13(11-4-5-11)9-14(21)19-12-3-1-8-20(10-12)15-17-6-2-7-18-15/h2,6-7,11-13H,1,3-5,8-10,16H2,(H,19,21). The summed E-state index contributed by atoms with van der Waals surface area (Å²) in [5, 5.41) is 3.12. The van der Waals surface area contributed by atoms with Gasteiger partial charge in [-0.1, -0.05) is 0 Å². The van der Waals surface area contributed by atoms with Crippen molar-refractivity contribution in [3.8, 4) is 0 Å². The van der Waals surface area contributed by atoms with Gasteiger partial charge in [-0.25, -0.2) is 9.97 Å². The van der Waals surface area contributed by atoms with E-state index in [0.717, 1.165) is 31.9 Å². The molecule has 1 aromatic heterocycles. The second kappa shape index (κ2) is 6.39. The summed E-state index contributed by atoms with van der Waals surface area (Å²) in [5.41, 5.74) is 6.01. The largest absolute Gasteiger partial charge is 0.352 e. The van der Waals surface area contributed by atoms with Crippen LogP contribution in [0.5, 0.6) is 0 Å². The van der Waals surface area contributed by atoms with Gasteiger partial charge in [0.1, 0.15) is 0 Å². The minimum Gasteiger partial charge on any atom is -0.352 e. The maximum Gasteiger partial charge on any atom is 0.225 e. The zero-order chi connectivity index (χ0) is 14.7. The van der Waals surface area contributed by atoms with Crippen molar-refractivity contribution in [3.05, 3.63) is 18.5 Å². The topological polar surface area (TPSA) is 84.1 Å². The molecule has 3 rings (SSSR count). The van der Waals surface area contributed by atoms with E-state index < -0.39 is 0 Å². The first-order chi connectivity index (χ1) is 10.2. The molecular weight excluding hydrogens is 266 g/mol. The summed E-state index contributed by atoms with van der Waals surface area (Å²) in [7, 11) is 0. The van der Waals surface area contributed by atoms with Crippen molar-refractivity contribution in [1.82, 2.24) is 15.3 Å². The summed E-state index contributed by atoms with van der Waals surface area (Å²) in [4.78, 5) is 22.7. The lowest BCUT2D eigenvalue weighted by Crippen LogP contribution is -2.49. The number of carbonyl (C=O) groups is 1. The Morgan fingerprint density at radius 1 is 1.38 bits per heavy atom. The molecule has 2 atom stereocenters. The molecule has 1 aromatic rings. The number of rotatable bonds is 5. The van der Waals surface area contributed by atoms with Crippen molar-refractivity contribution >= 4 is 11.9 Å². The first kappa shape index (κ1) is 14.3. The molecule has 21 heavy (non-hydrogen) atoms. The van der Waals surface area contributed by atoms with Gasteiger partial charge >= 0.3 is 0 Å². The van der Waals surface area contributed by atoms with Crippen LogP contribution in [0.25, 0.3) is 0 Å². The van der Waals surface area contributed by atoms with Gasteiger partial charge < -0.3 is 16.0 Å². The Bertz CT molecular complexity index is 476. The van der Waals surface area contributed by atoms with Crippen LogP contribution in [0, 0.1) is 5.92 Å². The van der Waals surface area contributed by atoms with Crippen LogP contribution in [0.15, 0.2) is 18.5 Å². The number of amides is 1. The Morgan fingerprint density at radius 3 is 2.86 bits per heavy atom. The predicted octanol–water partition coefficient (Wildman–Crippen LogP) is 0.689. The molecule has 2 fully saturated rings. The summed E-state index contributed by atoms with van der Waals surface area (Å²) in [6.07, 6.45) is 8.35. The van der Waals surface area contributed by atoms with E-state index >= 15 is 0 Å². The van der Waals surface area contributed by atoms with Gasteiger partial charge in [0.25, 0.3) is 0 Å². The highest BCUT2D eigenvalue weighted by atomic mass is 16.1. The second-order valence-corrected chi connectivity index (χ2v) is 6.11. The molecule has 1 amide bonds. The summed E-state index contributed by atoms with van der Waals surface area (Å²) >= 11 is 0. The van der Waals surface area contributed by atoms with Crippen LogP contribution in [0.3, 0.4) is 0 Å². The number of nitrogens with one attached hydrogen (secondary N) is 1. The summed E-state index contributed by atoms with van der Waals surface area (Å²) in [6.45, 7) is 1.71. The first-order valence-corrected chi connectivity index (χ1v) is 7.79. The molecule has 6 nitrogen and oxygen atoms in total. The van der Waals surface area contributed by atoms with E-state index in [-0.39, 0.29) is 18.0 Å². The maximum atomic E-state index is 12.1. The fourth-order valence-electron chi connectivity index (χ4n) is 2.92. The third-order valence-electron chi connectivity index (χ3n) is 4.27. The van der Waals surface area contributed by atoms with E-state index in [4.69, 9.17) is 5.73 Å². The van der Waals surface area contributed by atoms with Crippen LogP contribution in [-0.2, 0) is 4.79 Å². The van der Waals surface area contributed by atoms with E-state index in [2.05, 4.69) is 20.2 Å². The Hall–Kier alpha value is -1.69. The Labute approximate surface area is 125 Å². The lowest BCUT2D eigenvalue weighted by molar-refractivity contribution is -0.122. The second-order valence-electron chi connectivity index (χ2n) is 6.11. The number of hydrogen-bond acceptors (Lipinski definition) is 5. The average molecular weight is 289 g/mol. The fraction of sp³-hybridized carbons (Fsp3) is 0.667. The molecule has 1 aliphatic heterocycles. The van der Waals surface area contributed by atoms with Gasteiger partial charge in [-0.05, 0) is 37.7 Å². The maximum absolute atomic E-state index is 12.1. The first-order valence-electron chi connectivity index (χ1n) is 7.79. The lowest BCUT2D eigenvalue weighted by atomic mass is 10.0. The summed E-state index contributed by atoms with van der Waals surface area (Å²) in [5.74, 6) is 1.39.